The van der Waals surface area contributed by atoms with Crippen LogP contribution in [0.4, 0.5) is 5.69 Å². The number of hydrazone groups is 1. The number of anilines is 1. The highest BCUT2D eigenvalue weighted by molar-refractivity contribution is 7.92. The van der Waals surface area contributed by atoms with Crippen LogP contribution in [0.1, 0.15) is 18.1 Å². The number of rotatable bonds is 13. The van der Waals surface area contributed by atoms with E-state index in [1.807, 2.05) is 19.1 Å². The summed E-state index contributed by atoms with van der Waals surface area (Å²) < 4.78 is 44.8. The fourth-order valence-electron chi connectivity index (χ4n) is 3.86. The molecule has 0 aliphatic heterocycles. The predicted molar refractivity (Wildman–Crippen MR) is 163 cm³/mol. The second kappa shape index (κ2) is 14.4. The molecule has 9 nitrogen and oxygen atoms in total. The van der Waals surface area contributed by atoms with Crippen LogP contribution in [-0.4, -0.2) is 40.8 Å². The van der Waals surface area contributed by atoms with E-state index in [0.29, 0.717) is 46.7 Å². The maximum atomic E-state index is 13.5. The molecule has 0 radical (unpaired) electrons. The molecule has 1 amide bonds. The van der Waals surface area contributed by atoms with Crippen LogP contribution < -0.4 is 23.9 Å². The Morgan fingerprint density at radius 2 is 1.64 bits per heavy atom. The highest BCUT2D eigenvalue weighted by Crippen LogP contribution is 2.29. The number of nitrogens with zero attached hydrogens (tertiary/aromatic N) is 2. The predicted octanol–water partition coefficient (Wildman–Crippen LogP) is 5.67. The van der Waals surface area contributed by atoms with E-state index in [1.165, 1.54) is 25.5 Å². The largest absolute Gasteiger partial charge is 0.497 e. The molecule has 0 fully saturated rings. The van der Waals surface area contributed by atoms with Gasteiger partial charge in [-0.05, 0) is 84.8 Å². The molecule has 0 aliphatic rings. The molecule has 4 aromatic rings. The quantitative estimate of drug-likeness (QED) is 0.155. The Labute approximate surface area is 250 Å². The molecule has 0 bridgehead atoms. The van der Waals surface area contributed by atoms with Gasteiger partial charge in [0, 0.05) is 5.02 Å². The third-order valence-corrected chi connectivity index (χ3v) is 8.00. The van der Waals surface area contributed by atoms with E-state index < -0.39 is 22.5 Å². The maximum Gasteiger partial charge on any atom is 0.264 e. The minimum atomic E-state index is -4.07. The zero-order valence-corrected chi connectivity index (χ0v) is 24.6. The Bertz CT molecular complexity index is 1610. The van der Waals surface area contributed by atoms with E-state index in [4.69, 9.17) is 25.8 Å². The molecule has 1 N–H and O–H groups in total. The van der Waals surface area contributed by atoms with E-state index in [1.54, 1.807) is 72.8 Å². The average Bonchev–Trinajstić information content (AvgIpc) is 3.01. The topological polar surface area (TPSA) is 107 Å². The van der Waals surface area contributed by atoms with Gasteiger partial charge in [-0.25, -0.2) is 13.8 Å². The Morgan fingerprint density at radius 1 is 0.929 bits per heavy atom. The van der Waals surface area contributed by atoms with Crippen molar-refractivity contribution in [2.75, 3.05) is 24.6 Å². The number of benzene rings is 4. The first kappa shape index (κ1) is 30.4. The molecule has 11 heteroatoms. The number of halogens is 1. The van der Waals surface area contributed by atoms with E-state index in [-0.39, 0.29) is 4.90 Å². The Balaban J connectivity index is 1.45. The highest BCUT2D eigenvalue weighted by Gasteiger charge is 2.27. The summed E-state index contributed by atoms with van der Waals surface area (Å²) in [5.41, 5.74) is 4.34. The van der Waals surface area contributed by atoms with Gasteiger partial charge in [0.25, 0.3) is 15.9 Å². The number of sulfonamides is 1. The van der Waals surface area contributed by atoms with Gasteiger partial charge >= 0.3 is 0 Å². The molecular weight excluding hydrogens is 578 g/mol. The van der Waals surface area contributed by atoms with Crippen LogP contribution in [0.15, 0.2) is 107 Å². The van der Waals surface area contributed by atoms with E-state index in [9.17, 15) is 13.2 Å². The van der Waals surface area contributed by atoms with Gasteiger partial charge in [-0.1, -0.05) is 41.9 Å². The van der Waals surface area contributed by atoms with Crippen LogP contribution in [0.5, 0.6) is 17.2 Å². The first-order valence-electron chi connectivity index (χ1n) is 13.0. The standard InChI is InChI=1S/C31H30ClN3O6S/c1-3-40-30-19-24(11-18-29(30)41-22-23-9-12-25(32)13-10-23)20-33-34-31(36)21-35(26-7-5-4-6-8-26)42(37,38)28-16-14-27(39-2)15-17-28/h4-20H,3,21-22H2,1-2H3,(H,34,36)/b33-20-. The average molecular weight is 608 g/mol. The van der Waals surface area contributed by atoms with Crippen LogP contribution in [-0.2, 0) is 21.4 Å². The molecule has 0 unspecified atom stereocenters. The molecule has 0 spiro atoms. The summed E-state index contributed by atoms with van der Waals surface area (Å²) in [6.07, 6.45) is 1.44. The lowest BCUT2D eigenvalue weighted by Crippen LogP contribution is -2.39. The molecule has 42 heavy (non-hydrogen) atoms. The van der Waals surface area contributed by atoms with Crippen molar-refractivity contribution >= 4 is 39.4 Å². The lowest BCUT2D eigenvalue weighted by molar-refractivity contribution is -0.119. The summed E-state index contributed by atoms with van der Waals surface area (Å²) in [6, 6.07) is 26.9. The third kappa shape index (κ3) is 8.02. The van der Waals surface area contributed by atoms with Crippen molar-refractivity contribution in [3.63, 3.8) is 0 Å². The molecule has 0 heterocycles. The molecule has 0 saturated carbocycles. The molecular formula is C31H30ClN3O6S. The number of para-hydroxylation sites is 1. The van der Waals surface area contributed by atoms with Crippen molar-refractivity contribution in [2.24, 2.45) is 5.10 Å². The summed E-state index contributed by atoms with van der Waals surface area (Å²) in [6.45, 7) is 2.13. The first-order valence-corrected chi connectivity index (χ1v) is 14.8. The SMILES string of the molecule is CCOc1cc(/C=N\NC(=O)CN(c2ccccc2)S(=O)(=O)c2ccc(OC)cc2)ccc1OCc1ccc(Cl)cc1. The van der Waals surface area contributed by atoms with Crippen molar-refractivity contribution in [1.82, 2.24) is 5.43 Å². The zero-order chi connectivity index (χ0) is 30.0. The van der Waals surface area contributed by atoms with Gasteiger partial charge < -0.3 is 14.2 Å². The maximum absolute atomic E-state index is 13.5. The molecule has 0 saturated heterocycles. The Kier molecular flexibility index (Phi) is 10.4. The van der Waals surface area contributed by atoms with Gasteiger partial charge in [0.05, 0.1) is 30.5 Å². The monoisotopic (exact) mass is 607 g/mol. The normalized spacial score (nSPS) is 11.2. The fourth-order valence-corrected chi connectivity index (χ4v) is 5.41. The number of hydrogen-bond donors (Lipinski definition) is 1. The number of carbonyl (C=O) groups is 1. The molecule has 218 valence electrons. The smallest absolute Gasteiger partial charge is 0.264 e. The molecule has 0 aromatic heterocycles. The lowest BCUT2D eigenvalue weighted by Gasteiger charge is -2.23. The minimum absolute atomic E-state index is 0.0188. The minimum Gasteiger partial charge on any atom is -0.497 e. The van der Waals surface area contributed by atoms with Gasteiger partial charge in [-0.2, -0.15) is 5.10 Å². The summed E-state index contributed by atoms with van der Waals surface area (Å²) in [4.78, 5) is 12.9. The first-order chi connectivity index (χ1) is 20.3. The second-order valence-corrected chi connectivity index (χ2v) is 11.2. The van der Waals surface area contributed by atoms with Crippen LogP contribution in [0.25, 0.3) is 0 Å². The Morgan fingerprint density at radius 3 is 2.31 bits per heavy atom. The van der Waals surface area contributed by atoms with Gasteiger partial charge in [0.1, 0.15) is 18.9 Å². The van der Waals surface area contributed by atoms with Gasteiger partial charge in [-0.3, -0.25) is 9.10 Å². The molecule has 0 atom stereocenters. The van der Waals surface area contributed by atoms with Crippen molar-refractivity contribution in [3.05, 3.63) is 113 Å². The van der Waals surface area contributed by atoms with Crippen molar-refractivity contribution in [1.29, 1.82) is 0 Å². The third-order valence-electron chi connectivity index (χ3n) is 5.96. The van der Waals surface area contributed by atoms with Gasteiger partial charge in [0.15, 0.2) is 11.5 Å². The summed E-state index contributed by atoms with van der Waals surface area (Å²) in [7, 11) is -2.57. The molecule has 4 rings (SSSR count). The molecule has 0 aliphatic carbocycles. The van der Waals surface area contributed by atoms with Crippen molar-refractivity contribution < 1.29 is 27.4 Å². The summed E-state index contributed by atoms with van der Waals surface area (Å²) >= 11 is 5.95. The van der Waals surface area contributed by atoms with Gasteiger partial charge in [-0.15, -0.1) is 0 Å². The van der Waals surface area contributed by atoms with Crippen molar-refractivity contribution in [3.8, 4) is 17.2 Å². The summed E-state index contributed by atoms with van der Waals surface area (Å²) in [5.74, 6) is 0.957. The van der Waals surface area contributed by atoms with Crippen molar-refractivity contribution in [2.45, 2.75) is 18.4 Å². The zero-order valence-electron chi connectivity index (χ0n) is 23.1. The number of methoxy groups -OCH3 is 1. The van der Waals surface area contributed by atoms with E-state index in [2.05, 4.69) is 10.5 Å². The molecule has 4 aromatic carbocycles. The van der Waals surface area contributed by atoms with Crippen LogP contribution in [0.2, 0.25) is 5.02 Å². The number of hydrogen-bond acceptors (Lipinski definition) is 7. The van der Waals surface area contributed by atoms with Crippen LogP contribution >= 0.6 is 11.6 Å². The number of ether oxygens (including phenoxy) is 3. The lowest BCUT2D eigenvalue weighted by atomic mass is 10.2. The Hall–Kier alpha value is -4.54. The second-order valence-electron chi connectivity index (χ2n) is 8.87. The van der Waals surface area contributed by atoms with E-state index >= 15 is 0 Å². The van der Waals surface area contributed by atoms with Gasteiger partial charge in [0.2, 0.25) is 0 Å². The summed E-state index contributed by atoms with van der Waals surface area (Å²) in [5, 5.41) is 4.68. The number of nitrogens with one attached hydrogen (secondary N) is 1. The highest BCUT2D eigenvalue weighted by atomic mass is 35.5. The number of carbonyl (C=O) groups excluding carboxylic acids is 1. The van der Waals surface area contributed by atoms with Crippen LogP contribution in [0.3, 0.4) is 0 Å². The number of amides is 1. The van der Waals surface area contributed by atoms with E-state index in [0.717, 1.165) is 9.87 Å². The fraction of sp³-hybridized carbons (Fsp3) is 0.161. The van der Waals surface area contributed by atoms with Crippen LogP contribution in [0, 0.1) is 0 Å².